The van der Waals surface area contributed by atoms with Crippen molar-refractivity contribution in [3.05, 3.63) is 56.7 Å². The first kappa shape index (κ1) is 20.3. The highest BCUT2D eigenvalue weighted by Crippen LogP contribution is 2.28. The summed E-state index contributed by atoms with van der Waals surface area (Å²) in [5, 5.41) is 13.7. The second-order valence-electron chi connectivity index (χ2n) is 6.10. The molecule has 0 spiro atoms. The predicted octanol–water partition coefficient (Wildman–Crippen LogP) is 5.05. The van der Waals surface area contributed by atoms with Crippen LogP contribution in [0.2, 0.25) is 0 Å². The summed E-state index contributed by atoms with van der Waals surface area (Å²) >= 11 is 7.00. The Bertz CT molecular complexity index is 961. The van der Waals surface area contributed by atoms with Gasteiger partial charge in [-0.1, -0.05) is 19.4 Å². The molecule has 28 heavy (non-hydrogen) atoms. The largest absolute Gasteiger partial charge is 0.490 e. The molecule has 0 bridgehead atoms. The van der Waals surface area contributed by atoms with Gasteiger partial charge in [0.2, 0.25) is 4.77 Å². The standard InChI is InChI=1S/C20H24N4O2S2/c1-3-5-10-26-17-9-8-15(12-18(17)25-4-2)14-21-24-19(22-23-20(24)27)13-16-7-6-11-28-16/h6-9,11-12,14H,3-5,10,13H2,1-2H3,(H,23,27)/b21-14-. The summed E-state index contributed by atoms with van der Waals surface area (Å²) in [6, 6.07) is 9.90. The van der Waals surface area contributed by atoms with E-state index in [9.17, 15) is 0 Å². The van der Waals surface area contributed by atoms with Crippen LogP contribution in [0.25, 0.3) is 0 Å². The fraction of sp³-hybridized carbons (Fsp3) is 0.350. The first-order valence-corrected chi connectivity index (χ1v) is 10.6. The molecule has 6 nitrogen and oxygen atoms in total. The van der Waals surface area contributed by atoms with E-state index in [-0.39, 0.29) is 0 Å². The van der Waals surface area contributed by atoms with Crippen LogP contribution in [0, 0.1) is 4.77 Å². The van der Waals surface area contributed by atoms with Crippen LogP contribution >= 0.6 is 23.6 Å². The minimum absolute atomic E-state index is 0.465. The van der Waals surface area contributed by atoms with E-state index in [1.54, 1.807) is 22.2 Å². The fourth-order valence-corrected chi connectivity index (χ4v) is 3.47. The molecular weight excluding hydrogens is 392 g/mol. The van der Waals surface area contributed by atoms with Crippen LogP contribution in [0.1, 0.15) is 43.0 Å². The van der Waals surface area contributed by atoms with Gasteiger partial charge in [-0.05, 0) is 60.8 Å². The summed E-state index contributed by atoms with van der Waals surface area (Å²) in [6.07, 6.45) is 4.53. The van der Waals surface area contributed by atoms with Crippen molar-refractivity contribution in [2.75, 3.05) is 13.2 Å². The third kappa shape index (κ3) is 5.30. The Kier molecular flexibility index (Phi) is 7.39. The minimum Gasteiger partial charge on any atom is -0.490 e. The van der Waals surface area contributed by atoms with Gasteiger partial charge in [0, 0.05) is 11.3 Å². The van der Waals surface area contributed by atoms with Crippen molar-refractivity contribution in [2.24, 2.45) is 5.10 Å². The summed E-state index contributed by atoms with van der Waals surface area (Å²) in [6.45, 7) is 5.35. The summed E-state index contributed by atoms with van der Waals surface area (Å²) in [5.74, 6) is 2.25. The van der Waals surface area contributed by atoms with Crippen molar-refractivity contribution in [3.63, 3.8) is 0 Å². The maximum absolute atomic E-state index is 5.83. The van der Waals surface area contributed by atoms with Gasteiger partial charge < -0.3 is 9.47 Å². The molecule has 0 saturated heterocycles. The highest BCUT2D eigenvalue weighted by molar-refractivity contribution is 7.71. The molecule has 1 aromatic carbocycles. The van der Waals surface area contributed by atoms with Gasteiger partial charge in [0.1, 0.15) is 0 Å². The Labute approximate surface area is 173 Å². The summed E-state index contributed by atoms with van der Waals surface area (Å²) < 4.78 is 13.7. The molecule has 2 heterocycles. The third-order valence-electron chi connectivity index (χ3n) is 3.98. The Morgan fingerprint density at radius 2 is 2.14 bits per heavy atom. The van der Waals surface area contributed by atoms with Crippen molar-refractivity contribution < 1.29 is 9.47 Å². The van der Waals surface area contributed by atoms with Gasteiger partial charge in [0.05, 0.1) is 19.4 Å². The first-order chi connectivity index (χ1) is 13.7. The van der Waals surface area contributed by atoms with E-state index in [0.717, 1.165) is 35.7 Å². The monoisotopic (exact) mass is 416 g/mol. The van der Waals surface area contributed by atoms with E-state index in [1.165, 1.54) is 4.88 Å². The molecule has 0 amide bonds. The van der Waals surface area contributed by atoms with Gasteiger partial charge in [-0.25, -0.2) is 0 Å². The van der Waals surface area contributed by atoms with Crippen LogP contribution in [-0.4, -0.2) is 34.3 Å². The predicted molar refractivity (Wildman–Crippen MR) is 116 cm³/mol. The molecule has 0 saturated carbocycles. The van der Waals surface area contributed by atoms with Crippen molar-refractivity contribution >= 4 is 29.8 Å². The number of hydrogen-bond donors (Lipinski definition) is 1. The lowest BCUT2D eigenvalue weighted by molar-refractivity contribution is 0.272. The van der Waals surface area contributed by atoms with Crippen molar-refractivity contribution in [1.82, 2.24) is 14.9 Å². The molecule has 0 radical (unpaired) electrons. The van der Waals surface area contributed by atoms with Crippen LogP contribution < -0.4 is 9.47 Å². The maximum atomic E-state index is 5.83. The number of H-pyrrole nitrogens is 1. The Balaban J connectivity index is 1.79. The first-order valence-electron chi connectivity index (χ1n) is 9.34. The lowest BCUT2D eigenvalue weighted by Gasteiger charge is -2.12. The molecule has 0 fully saturated rings. The number of nitrogens with zero attached hydrogens (tertiary/aromatic N) is 3. The number of aromatic nitrogens is 3. The molecule has 3 aromatic rings. The third-order valence-corrected chi connectivity index (χ3v) is 5.12. The molecule has 2 aromatic heterocycles. The van der Waals surface area contributed by atoms with Gasteiger partial charge in [-0.3, -0.25) is 5.10 Å². The lowest BCUT2D eigenvalue weighted by atomic mass is 10.2. The van der Waals surface area contributed by atoms with Crippen molar-refractivity contribution in [3.8, 4) is 11.5 Å². The van der Waals surface area contributed by atoms with E-state index >= 15 is 0 Å². The van der Waals surface area contributed by atoms with E-state index in [2.05, 4.69) is 28.3 Å². The van der Waals surface area contributed by atoms with Gasteiger partial charge in [0.15, 0.2) is 17.3 Å². The zero-order valence-electron chi connectivity index (χ0n) is 16.1. The Morgan fingerprint density at radius 1 is 1.25 bits per heavy atom. The topological polar surface area (TPSA) is 64.4 Å². The number of aromatic amines is 1. The summed E-state index contributed by atoms with van der Waals surface area (Å²) in [5.41, 5.74) is 0.900. The van der Waals surface area contributed by atoms with Gasteiger partial charge in [-0.2, -0.15) is 14.9 Å². The number of nitrogens with one attached hydrogen (secondary N) is 1. The number of rotatable bonds is 10. The van der Waals surface area contributed by atoms with Gasteiger partial charge in [-0.15, -0.1) is 11.3 Å². The maximum Gasteiger partial charge on any atom is 0.216 e. The van der Waals surface area contributed by atoms with Crippen LogP contribution in [0.5, 0.6) is 11.5 Å². The zero-order valence-corrected chi connectivity index (χ0v) is 17.7. The smallest absolute Gasteiger partial charge is 0.216 e. The molecule has 0 aliphatic heterocycles. The quantitative estimate of drug-likeness (QED) is 0.285. The number of thiophene rings is 1. The van der Waals surface area contributed by atoms with Crippen LogP contribution in [0.4, 0.5) is 0 Å². The zero-order chi connectivity index (χ0) is 19.8. The molecule has 0 atom stereocenters. The fourth-order valence-electron chi connectivity index (χ4n) is 2.57. The van der Waals surface area contributed by atoms with E-state index < -0.39 is 0 Å². The highest BCUT2D eigenvalue weighted by atomic mass is 32.1. The lowest BCUT2D eigenvalue weighted by Crippen LogP contribution is -2.02. The van der Waals surface area contributed by atoms with Crippen LogP contribution in [0.3, 0.4) is 0 Å². The average molecular weight is 417 g/mol. The molecule has 8 heteroatoms. The van der Waals surface area contributed by atoms with Crippen molar-refractivity contribution in [2.45, 2.75) is 33.1 Å². The van der Waals surface area contributed by atoms with E-state index in [0.29, 0.717) is 24.4 Å². The Hall–Kier alpha value is -2.45. The van der Waals surface area contributed by atoms with E-state index in [1.807, 2.05) is 36.6 Å². The SMILES string of the molecule is CCCCOc1ccc(/C=N\n2c(Cc3cccs3)n[nH]c2=S)cc1OCC. The number of hydrogen-bond acceptors (Lipinski definition) is 6. The minimum atomic E-state index is 0.465. The molecule has 1 N–H and O–H groups in total. The molecule has 0 aliphatic carbocycles. The number of unbranched alkanes of at least 4 members (excludes halogenated alkanes) is 1. The molecular formula is C20H24N4O2S2. The summed E-state index contributed by atoms with van der Waals surface area (Å²) in [7, 11) is 0. The second-order valence-corrected chi connectivity index (χ2v) is 7.52. The number of benzene rings is 1. The average Bonchev–Trinajstić information content (AvgIpc) is 3.32. The molecule has 148 valence electrons. The van der Waals surface area contributed by atoms with Crippen LogP contribution in [0.15, 0.2) is 40.8 Å². The van der Waals surface area contributed by atoms with E-state index in [4.69, 9.17) is 21.7 Å². The van der Waals surface area contributed by atoms with Gasteiger partial charge in [0.25, 0.3) is 0 Å². The normalized spacial score (nSPS) is 11.2. The Morgan fingerprint density at radius 3 is 2.89 bits per heavy atom. The second kappa shape index (κ2) is 10.2. The molecule has 0 unspecified atom stereocenters. The van der Waals surface area contributed by atoms with Crippen LogP contribution in [-0.2, 0) is 6.42 Å². The van der Waals surface area contributed by atoms with Gasteiger partial charge >= 0.3 is 0 Å². The highest BCUT2D eigenvalue weighted by Gasteiger charge is 2.08. The molecule has 0 aliphatic rings. The number of ether oxygens (including phenoxy) is 2. The molecule has 3 rings (SSSR count). The van der Waals surface area contributed by atoms with Crippen molar-refractivity contribution in [1.29, 1.82) is 0 Å². The summed E-state index contributed by atoms with van der Waals surface area (Å²) in [4.78, 5) is 1.21.